The first kappa shape index (κ1) is 28.3. The first-order valence-electron chi connectivity index (χ1n) is 10.8. The summed E-state index contributed by atoms with van der Waals surface area (Å²) in [5, 5.41) is 4.86. The van der Waals surface area contributed by atoms with E-state index in [9.17, 15) is 13.2 Å². The van der Waals surface area contributed by atoms with Gasteiger partial charge in [0, 0.05) is 22.2 Å². The van der Waals surface area contributed by atoms with Crippen LogP contribution in [0.2, 0.25) is 10.0 Å². The molecule has 0 spiro atoms. The number of benzene rings is 3. The molecule has 3 aromatic carbocycles. The lowest BCUT2D eigenvalue weighted by molar-refractivity contribution is -0.121. The normalized spacial score (nSPS) is 11.5. The Morgan fingerprint density at radius 2 is 1.49 bits per heavy atom. The molecular formula is C25H25Cl2N3O6S. The van der Waals surface area contributed by atoms with E-state index in [4.69, 9.17) is 37.4 Å². The fourth-order valence-electron chi connectivity index (χ4n) is 3.37. The van der Waals surface area contributed by atoms with Gasteiger partial charge in [-0.05, 0) is 54.1 Å². The molecule has 0 aliphatic heterocycles. The molecule has 0 aromatic heterocycles. The predicted molar refractivity (Wildman–Crippen MR) is 142 cm³/mol. The minimum atomic E-state index is -4.05. The van der Waals surface area contributed by atoms with Gasteiger partial charge in [0.1, 0.15) is 0 Å². The van der Waals surface area contributed by atoms with Crippen molar-refractivity contribution in [2.45, 2.75) is 11.4 Å². The number of sulfonamides is 1. The van der Waals surface area contributed by atoms with Crippen LogP contribution in [0.3, 0.4) is 0 Å². The maximum Gasteiger partial charge on any atom is 0.255 e. The molecule has 0 atom stereocenters. The highest BCUT2D eigenvalue weighted by Gasteiger charge is 2.27. The molecule has 0 fully saturated rings. The first-order chi connectivity index (χ1) is 17.7. The zero-order valence-electron chi connectivity index (χ0n) is 20.3. The Morgan fingerprint density at radius 3 is 2.05 bits per heavy atom. The van der Waals surface area contributed by atoms with Crippen molar-refractivity contribution in [1.29, 1.82) is 0 Å². The Balaban J connectivity index is 1.82. The van der Waals surface area contributed by atoms with E-state index in [2.05, 4.69) is 10.5 Å². The monoisotopic (exact) mass is 565 g/mol. The van der Waals surface area contributed by atoms with Crippen molar-refractivity contribution in [3.8, 4) is 17.2 Å². The van der Waals surface area contributed by atoms with Gasteiger partial charge in [-0.2, -0.15) is 9.41 Å². The topological polar surface area (TPSA) is 107 Å². The molecule has 0 aliphatic rings. The summed E-state index contributed by atoms with van der Waals surface area (Å²) in [6, 6.07) is 15.7. The van der Waals surface area contributed by atoms with Gasteiger partial charge in [-0.25, -0.2) is 13.8 Å². The lowest BCUT2D eigenvalue weighted by atomic mass is 10.2. The van der Waals surface area contributed by atoms with Gasteiger partial charge in [-0.3, -0.25) is 4.79 Å². The van der Waals surface area contributed by atoms with Gasteiger partial charge in [0.25, 0.3) is 5.91 Å². The molecule has 9 nitrogen and oxygen atoms in total. The van der Waals surface area contributed by atoms with E-state index in [-0.39, 0.29) is 11.4 Å². The SMILES string of the molecule is COc1ccc(/C=N\NC(=O)CN(Cc2ccc(Cl)cc2)S(=O)(=O)c2ccc(Cl)cc2)c(OC)c1OC. The number of nitrogens with zero attached hydrogens (tertiary/aromatic N) is 2. The number of hydrazone groups is 1. The van der Waals surface area contributed by atoms with Crippen LogP contribution >= 0.6 is 23.2 Å². The largest absolute Gasteiger partial charge is 0.493 e. The molecule has 1 amide bonds. The second kappa shape index (κ2) is 12.8. The van der Waals surface area contributed by atoms with Gasteiger partial charge in [-0.1, -0.05) is 35.3 Å². The number of halogens is 2. The highest BCUT2D eigenvalue weighted by Crippen LogP contribution is 2.39. The molecule has 0 bridgehead atoms. The average Bonchev–Trinajstić information content (AvgIpc) is 2.89. The van der Waals surface area contributed by atoms with Gasteiger partial charge < -0.3 is 14.2 Å². The van der Waals surface area contributed by atoms with Crippen LogP contribution in [0.15, 0.2) is 70.7 Å². The third-order valence-corrected chi connectivity index (χ3v) is 7.48. The van der Waals surface area contributed by atoms with E-state index in [1.807, 2.05) is 0 Å². The predicted octanol–water partition coefficient (Wildman–Crippen LogP) is 4.36. The lowest BCUT2D eigenvalue weighted by Crippen LogP contribution is -2.39. The van der Waals surface area contributed by atoms with Gasteiger partial charge in [0.15, 0.2) is 11.5 Å². The zero-order valence-corrected chi connectivity index (χ0v) is 22.6. The van der Waals surface area contributed by atoms with Crippen LogP contribution in [-0.4, -0.2) is 52.7 Å². The molecule has 196 valence electrons. The average molecular weight is 566 g/mol. The Hall–Kier alpha value is -3.31. The van der Waals surface area contributed by atoms with Crippen LogP contribution < -0.4 is 19.6 Å². The van der Waals surface area contributed by atoms with Crippen LogP contribution in [0.1, 0.15) is 11.1 Å². The molecule has 0 aliphatic carbocycles. The summed E-state index contributed by atoms with van der Waals surface area (Å²) in [5.74, 6) is 0.533. The quantitative estimate of drug-likeness (QED) is 0.273. The van der Waals surface area contributed by atoms with E-state index in [0.29, 0.717) is 38.4 Å². The molecule has 0 heterocycles. The van der Waals surface area contributed by atoms with E-state index < -0.39 is 22.5 Å². The van der Waals surface area contributed by atoms with Crippen molar-refractivity contribution in [2.75, 3.05) is 27.9 Å². The highest BCUT2D eigenvalue weighted by atomic mass is 35.5. The number of rotatable bonds is 11. The minimum Gasteiger partial charge on any atom is -0.493 e. The van der Waals surface area contributed by atoms with E-state index in [1.54, 1.807) is 36.4 Å². The van der Waals surface area contributed by atoms with Crippen molar-refractivity contribution in [2.24, 2.45) is 5.10 Å². The maximum absolute atomic E-state index is 13.4. The number of amides is 1. The summed E-state index contributed by atoms with van der Waals surface area (Å²) < 4.78 is 43.7. The molecule has 0 saturated carbocycles. The highest BCUT2D eigenvalue weighted by molar-refractivity contribution is 7.89. The molecule has 0 radical (unpaired) electrons. The second-order valence-corrected chi connectivity index (χ2v) is 10.4. The van der Waals surface area contributed by atoms with Crippen molar-refractivity contribution in [3.05, 3.63) is 81.8 Å². The fourth-order valence-corrected chi connectivity index (χ4v) is 5.01. The number of hydrogen-bond donors (Lipinski definition) is 1. The molecule has 12 heteroatoms. The Bertz CT molecular complexity index is 1360. The number of carbonyl (C=O) groups is 1. The maximum atomic E-state index is 13.4. The summed E-state index contributed by atoms with van der Waals surface area (Å²) in [5.41, 5.74) is 3.51. The smallest absolute Gasteiger partial charge is 0.255 e. The van der Waals surface area contributed by atoms with Crippen LogP contribution in [0.25, 0.3) is 0 Å². The Labute approximate surface area is 225 Å². The Kier molecular flexibility index (Phi) is 9.76. The molecule has 1 N–H and O–H groups in total. The van der Waals surface area contributed by atoms with Crippen molar-refractivity contribution in [3.63, 3.8) is 0 Å². The number of ether oxygens (including phenoxy) is 3. The fraction of sp³-hybridized carbons (Fsp3) is 0.200. The van der Waals surface area contributed by atoms with Gasteiger partial charge in [-0.15, -0.1) is 0 Å². The van der Waals surface area contributed by atoms with Crippen LogP contribution in [0.4, 0.5) is 0 Å². The molecule has 37 heavy (non-hydrogen) atoms. The van der Waals surface area contributed by atoms with Gasteiger partial charge in [0.2, 0.25) is 15.8 Å². The molecule has 0 saturated heterocycles. The van der Waals surface area contributed by atoms with Gasteiger partial charge >= 0.3 is 0 Å². The number of nitrogens with one attached hydrogen (secondary N) is 1. The van der Waals surface area contributed by atoms with E-state index >= 15 is 0 Å². The summed E-state index contributed by atoms with van der Waals surface area (Å²) in [6.45, 7) is -0.559. The number of carbonyl (C=O) groups excluding carboxylic acids is 1. The van der Waals surface area contributed by atoms with Crippen molar-refractivity contribution >= 4 is 45.3 Å². The molecular weight excluding hydrogens is 541 g/mol. The Morgan fingerprint density at radius 1 is 0.892 bits per heavy atom. The van der Waals surface area contributed by atoms with Crippen molar-refractivity contribution in [1.82, 2.24) is 9.73 Å². The molecule has 0 unspecified atom stereocenters. The number of hydrogen-bond acceptors (Lipinski definition) is 7. The lowest BCUT2D eigenvalue weighted by Gasteiger charge is -2.21. The third kappa shape index (κ3) is 7.14. The minimum absolute atomic E-state index is 0.00257. The first-order valence-corrected chi connectivity index (χ1v) is 13.0. The molecule has 3 aromatic rings. The van der Waals surface area contributed by atoms with Crippen LogP contribution in [-0.2, 0) is 21.4 Å². The van der Waals surface area contributed by atoms with Crippen LogP contribution in [0.5, 0.6) is 17.2 Å². The summed E-state index contributed by atoms with van der Waals surface area (Å²) in [6.07, 6.45) is 1.36. The third-order valence-electron chi connectivity index (χ3n) is 5.17. The summed E-state index contributed by atoms with van der Waals surface area (Å²) in [7, 11) is 0.385. The summed E-state index contributed by atoms with van der Waals surface area (Å²) >= 11 is 11.9. The molecule has 3 rings (SSSR count). The second-order valence-electron chi connectivity index (χ2n) is 7.57. The number of methoxy groups -OCH3 is 3. The van der Waals surface area contributed by atoms with Crippen LogP contribution in [0, 0.1) is 0 Å². The zero-order chi connectivity index (χ0) is 27.0. The van der Waals surface area contributed by atoms with E-state index in [1.165, 1.54) is 51.8 Å². The van der Waals surface area contributed by atoms with Crippen molar-refractivity contribution < 1.29 is 27.4 Å². The van der Waals surface area contributed by atoms with Gasteiger partial charge in [0.05, 0.1) is 39.0 Å². The summed E-state index contributed by atoms with van der Waals surface area (Å²) in [4.78, 5) is 12.7. The standard InChI is InChI=1S/C25H25Cl2N3O6S/c1-34-22-13-6-18(24(35-2)25(22)36-3)14-28-29-23(31)16-30(15-17-4-7-19(26)8-5-17)37(32,33)21-11-9-20(27)10-12-21/h4-14H,15-16H2,1-3H3,(H,29,31)/b28-14-. The van der Waals surface area contributed by atoms with E-state index in [0.717, 1.165) is 4.31 Å².